The Balaban J connectivity index is 1.65. The molecule has 0 radical (unpaired) electrons. The van der Waals surface area contributed by atoms with E-state index in [0.717, 1.165) is 38.7 Å². The van der Waals surface area contributed by atoms with Crippen molar-refractivity contribution in [3.63, 3.8) is 0 Å². The lowest BCUT2D eigenvalue weighted by molar-refractivity contribution is 0.587. The smallest absolute Gasteiger partial charge is 0.227 e. The number of para-hydroxylation sites is 2. The van der Waals surface area contributed by atoms with Gasteiger partial charge in [0, 0.05) is 28.6 Å². The molecule has 0 aliphatic carbocycles. The number of hydrogen-bond donors (Lipinski definition) is 0. The van der Waals surface area contributed by atoms with E-state index >= 15 is 0 Å². The first kappa shape index (κ1) is 23.4. The second-order valence-electron chi connectivity index (χ2n) is 10.9. The number of furan rings is 1. The molecule has 0 amide bonds. The fourth-order valence-electron chi connectivity index (χ4n) is 5.50. The zero-order valence-electron chi connectivity index (χ0n) is 21.9. The summed E-state index contributed by atoms with van der Waals surface area (Å²) < 4.78 is 23.3. The Bertz CT molecular complexity index is 2010. The molecule has 39 heavy (non-hydrogen) atoms. The maximum atomic E-state index is 14.8. The standard InChI is InChI=1S/C34H26FN3O/c1-34(2,3)27-16-8-12-23(21-10-5-4-6-11-21)30(27)38-29-20-22(35)17-18-28(29)37-32(38)26-14-7-13-24-25-15-9-19-36-33(25)39-31(24)26/h4-20H,1-3H3. The molecule has 7 rings (SSSR count). The van der Waals surface area contributed by atoms with Crippen LogP contribution in [-0.4, -0.2) is 14.5 Å². The SMILES string of the molecule is CC(C)(C)c1cccc(-c2ccccc2)c1-n1c(-c2cccc3c2oc2ncccc23)nc2ccc(F)cc21. The molecule has 190 valence electrons. The van der Waals surface area contributed by atoms with Crippen LogP contribution in [0.2, 0.25) is 0 Å². The van der Waals surface area contributed by atoms with Crippen molar-refractivity contribution in [1.29, 1.82) is 0 Å². The van der Waals surface area contributed by atoms with Crippen LogP contribution in [0, 0.1) is 5.82 Å². The molecule has 0 bridgehead atoms. The molecule has 0 aliphatic rings. The normalized spacial score (nSPS) is 12.1. The van der Waals surface area contributed by atoms with Crippen LogP contribution >= 0.6 is 0 Å². The quantitative estimate of drug-likeness (QED) is 0.238. The first-order chi connectivity index (χ1) is 18.9. The van der Waals surface area contributed by atoms with Crippen molar-refractivity contribution in [2.75, 3.05) is 0 Å². The Morgan fingerprint density at radius 3 is 2.36 bits per heavy atom. The van der Waals surface area contributed by atoms with Gasteiger partial charge in [-0.05, 0) is 46.9 Å². The Hall–Kier alpha value is -4.77. The van der Waals surface area contributed by atoms with Crippen LogP contribution in [-0.2, 0) is 5.41 Å². The van der Waals surface area contributed by atoms with Crippen molar-refractivity contribution in [2.24, 2.45) is 0 Å². The number of aromatic nitrogens is 3. The van der Waals surface area contributed by atoms with Gasteiger partial charge in [-0.1, -0.05) is 81.4 Å². The van der Waals surface area contributed by atoms with Crippen LogP contribution in [0.15, 0.2) is 108 Å². The minimum atomic E-state index is -0.309. The van der Waals surface area contributed by atoms with Gasteiger partial charge in [0.15, 0.2) is 0 Å². The summed E-state index contributed by atoms with van der Waals surface area (Å²) in [6.07, 6.45) is 1.73. The first-order valence-corrected chi connectivity index (χ1v) is 13.0. The van der Waals surface area contributed by atoms with E-state index in [2.05, 4.69) is 60.7 Å². The molecule has 0 spiro atoms. The molecule has 0 saturated carbocycles. The van der Waals surface area contributed by atoms with Crippen molar-refractivity contribution in [3.8, 4) is 28.2 Å². The van der Waals surface area contributed by atoms with Gasteiger partial charge in [0.05, 0.1) is 22.3 Å². The first-order valence-electron chi connectivity index (χ1n) is 13.0. The van der Waals surface area contributed by atoms with E-state index in [0.29, 0.717) is 28.2 Å². The van der Waals surface area contributed by atoms with Crippen molar-refractivity contribution in [2.45, 2.75) is 26.2 Å². The molecule has 0 atom stereocenters. The van der Waals surface area contributed by atoms with Gasteiger partial charge in [0.25, 0.3) is 0 Å². The van der Waals surface area contributed by atoms with Gasteiger partial charge in [0.2, 0.25) is 5.71 Å². The van der Waals surface area contributed by atoms with E-state index in [4.69, 9.17) is 9.40 Å². The van der Waals surface area contributed by atoms with Crippen LogP contribution in [0.4, 0.5) is 4.39 Å². The van der Waals surface area contributed by atoms with Crippen molar-refractivity contribution < 1.29 is 8.81 Å². The number of benzene rings is 4. The van der Waals surface area contributed by atoms with Gasteiger partial charge in [0.1, 0.15) is 17.2 Å². The average molecular weight is 512 g/mol. The molecule has 0 unspecified atom stereocenters. The van der Waals surface area contributed by atoms with Gasteiger partial charge in [-0.2, -0.15) is 0 Å². The molecule has 7 aromatic rings. The van der Waals surface area contributed by atoms with E-state index in [1.807, 2.05) is 48.5 Å². The summed E-state index contributed by atoms with van der Waals surface area (Å²) in [5, 5.41) is 1.91. The molecule has 0 saturated heterocycles. The molecule has 3 aromatic heterocycles. The third kappa shape index (κ3) is 3.73. The van der Waals surface area contributed by atoms with Gasteiger partial charge >= 0.3 is 0 Å². The highest BCUT2D eigenvalue weighted by Gasteiger charge is 2.27. The summed E-state index contributed by atoms with van der Waals surface area (Å²) in [6, 6.07) is 31.4. The average Bonchev–Trinajstić information content (AvgIpc) is 3.51. The number of hydrogen-bond acceptors (Lipinski definition) is 3. The van der Waals surface area contributed by atoms with Crippen LogP contribution in [0.25, 0.3) is 61.3 Å². The van der Waals surface area contributed by atoms with Gasteiger partial charge in [-0.3, -0.25) is 4.57 Å². The number of nitrogens with zero attached hydrogens (tertiary/aromatic N) is 3. The second-order valence-corrected chi connectivity index (χ2v) is 10.9. The van der Waals surface area contributed by atoms with E-state index in [1.54, 1.807) is 18.3 Å². The summed E-state index contributed by atoms with van der Waals surface area (Å²) in [7, 11) is 0. The Morgan fingerprint density at radius 1 is 0.769 bits per heavy atom. The van der Waals surface area contributed by atoms with Gasteiger partial charge in [-0.15, -0.1) is 0 Å². The van der Waals surface area contributed by atoms with E-state index in [9.17, 15) is 4.39 Å². The molecule has 0 N–H and O–H groups in total. The minimum Gasteiger partial charge on any atom is -0.437 e. The van der Waals surface area contributed by atoms with Gasteiger partial charge in [-0.25, -0.2) is 14.4 Å². The number of imidazole rings is 1. The zero-order chi connectivity index (χ0) is 26.7. The lowest BCUT2D eigenvalue weighted by Gasteiger charge is -2.27. The molecule has 0 fully saturated rings. The summed E-state index contributed by atoms with van der Waals surface area (Å²) in [6.45, 7) is 6.60. The fraction of sp³-hybridized carbons (Fsp3) is 0.118. The van der Waals surface area contributed by atoms with Crippen molar-refractivity contribution in [3.05, 3.63) is 115 Å². The van der Waals surface area contributed by atoms with Crippen LogP contribution in [0.3, 0.4) is 0 Å². The van der Waals surface area contributed by atoms with Crippen LogP contribution in [0.1, 0.15) is 26.3 Å². The van der Waals surface area contributed by atoms with Crippen LogP contribution in [0.5, 0.6) is 0 Å². The maximum absolute atomic E-state index is 14.8. The molecule has 3 heterocycles. The number of pyridine rings is 1. The number of fused-ring (bicyclic) bond motifs is 4. The minimum absolute atomic E-state index is 0.198. The molecule has 0 aliphatic heterocycles. The summed E-state index contributed by atoms with van der Waals surface area (Å²) in [5.41, 5.74) is 7.55. The monoisotopic (exact) mass is 511 g/mol. The zero-order valence-corrected chi connectivity index (χ0v) is 21.9. The fourth-order valence-corrected chi connectivity index (χ4v) is 5.50. The molecular formula is C34H26FN3O. The highest BCUT2D eigenvalue weighted by Crippen LogP contribution is 2.42. The third-order valence-electron chi connectivity index (χ3n) is 7.28. The Labute approximate surface area is 225 Å². The van der Waals surface area contributed by atoms with Crippen molar-refractivity contribution in [1.82, 2.24) is 14.5 Å². The summed E-state index contributed by atoms with van der Waals surface area (Å²) in [4.78, 5) is 9.54. The second kappa shape index (κ2) is 8.63. The largest absolute Gasteiger partial charge is 0.437 e. The molecule has 4 nitrogen and oxygen atoms in total. The predicted molar refractivity (Wildman–Crippen MR) is 156 cm³/mol. The summed E-state index contributed by atoms with van der Waals surface area (Å²) >= 11 is 0. The lowest BCUT2D eigenvalue weighted by Crippen LogP contribution is -2.16. The molecule has 5 heteroatoms. The Kier molecular flexibility index (Phi) is 5.17. The highest BCUT2D eigenvalue weighted by molar-refractivity contribution is 6.08. The lowest BCUT2D eigenvalue weighted by atomic mass is 9.83. The Morgan fingerprint density at radius 2 is 1.54 bits per heavy atom. The third-order valence-corrected chi connectivity index (χ3v) is 7.28. The highest BCUT2D eigenvalue weighted by atomic mass is 19.1. The van der Waals surface area contributed by atoms with E-state index < -0.39 is 0 Å². The molecule has 4 aromatic carbocycles. The topological polar surface area (TPSA) is 43.9 Å². The number of halogens is 1. The van der Waals surface area contributed by atoms with E-state index in [1.165, 1.54) is 6.07 Å². The molecular weight excluding hydrogens is 485 g/mol. The summed E-state index contributed by atoms with van der Waals surface area (Å²) in [5.74, 6) is 0.380. The van der Waals surface area contributed by atoms with Crippen molar-refractivity contribution >= 4 is 33.1 Å². The predicted octanol–water partition coefficient (Wildman–Crippen LogP) is 9.09. The van der Waals surface area contributed by atoms with Crippen LogP contribution < -0.4 is 0 Å². The van der Waals surface area contributed by atoms with Gasteiger partial charge < -0.3 is 4.42 Å². The maximum Gasteiger partial charge on any atom is 0.227 e. The van der Waals surface area contributed by atoms with E-state index in [-0.39, 0.29) is 11.2 Å². The number of rotatable bonds is 3.